The highest BCUT2D eigenvalue weighted by molar-refractivity contribution is 5.79. The van der Waals surface area contributed by atoms with Crippen LogP contribution in [-0.2, 0) is 4.79 Å². The van der Waals surface area contributed by atoms with Crippen molar-refractivity contribution >= 4 is 11.9 Å². The smallest absolute Gasteiger partial charge is 0.315 e. The minimum absolute atomic E-state index is 0.0116. The molecule has 1 heterocycles. The molecule has 0 spiro atoms. The first-order chi connectivity index (χ1) is 8.54. The number of nitrogens with zero attached hydrogens (tertiary/aromatic N) is 3. The van der Waals surface area contributed by atoms with E-state index in [2.05, 4.69) is 27.8 Å². The van der Waals surface area contributed by atoms with Crippen molar-refractivity contribution in [3.8, 4) is 0 Å². The van der Waals surface area contributed by atoms with Gasteiger partial charge in [-0.3, -0.25) is 4.79 Å². The molecule has 1 aromatic heterocycles. The van der Waals surface area contributed by atoms with Gasteiger partial charge in [-0.1, -0.05) is 12.0 Å². The van der Waals surface area contributed by atoms with Gasteiger partial charge in [0.2, 0.25) is 11.8 Å². The van der Waals surface area contributed by atoms with Crippen LogP contribution in [0.4, 0.5) is 6.01 Å². The Morgan fingerprint density at radius 2 is 2.17 bits per heavy atom. The molecule has 0 saturated heterocycles. The molecule has 7 nitrogen and oxygen atoms in total. The summed E-state index contributed by atoms with van der Waals surface area (Å²) in [4.78, 5) is 12.9. The number of rotatable bonds is 7. The second-order valence-electron chi connectivity index (χ2n) is 4.26. The Morgan fingerprint density at radius 1 is 1.44 bits per heavy atom. The summed E-state index contributed by atoms with van der Waals surface area (Å²) in [7, 11) is 3.39. The number of carbonyl (C=O) groups is 1. The summed E-state index contributed by atoms with van der Waals surface area (Å²) in [5.74, 6) is 0.468. The number of aromatic nitrogens is 2. The molecular formula is C11H21N5O2. The summed E-state index contributed by atoms with van der Waals surface area (Å²) in [6, 6.07) is 0.280. The Labute approximate surface area is 107 Å². The second-order valence-corrected chi connectivity index (χ2v) is 4.26. The van der Waals surface area contributed by atoms with Crippen LogP contribution in [0.1, 0.15) is 32.2 Å². The van der Waals surface area contributed by atoms with E-state index in [1.165, 1.54) is 4.90 Å². The van der Waals surface area contributed by atoms with Gasteiger partial charge in [-0.05, 0) is 19.9 Å². The van der Waals surface area contributed by atoms with Crippen molar-refractivity contribution in [3.63, 3.8) is 0 Å². The lowest BCUT2D eigenvalue weighted by molar-refractivity contribution is -0.126. The average Bonchev–Trinajstić information content (AvgIpc) is 2.81. The first kappa shape index (κ1) is 14.4. The third-order valence-electron chi connectivity index (χ3n) is 2.40. The first-order valence-electron chi connectivity index (χ1n) is 6.05. The molecule has 7 heteroatoms. The zero-order chi connectivity index (χ0) is 13.5. The minimum Gasteiger partial charge on any atom is -0.406 e. The lowest BCUT2D eigenvalue weighted by Gasteiger charge is -2.09. The molecule has 1 aromatic rings. The van der Waals surface area contributed by atoms with E-state index in [4.69, 9.17) is 4.42 Å². The molecule has 2 N–H and O–H groups in total. The van der Waals surface area contributed by atoms with Crippen LogP contribution in [0.3, 0.4) is 0 Å². The van der Waals surface area contributed by atoms with E-state index in [-0.39, 0.29) is 24.5 Å². The summed E-state index contributed by atoms with van der Waals surface area (Å²) in [6.07, 6.45) is 1.04. The van der Waals surface area contributed by atoms with Crippen molar-refractivity contribution in [2.24, 2.45) is 0 Å². The molecule has 1 rings (SSSR count). The largest absolute Gasteiger partial charge is 0.406 e. The van der Waals surface area contributed by atoms with Crippen molar-refractivity contribution in [2.75, 3.05) is 32.5 Å². The van der Waals surface area contributed by atoms with Crippen molar-refractivity contribution in [3.05, 3.63) is 5.89 Å². The molecule has 1 atom stereocenters. The van der Waals surface area contributed by atoms with Crippen molar-refractivity contribution in [1.29, 1.82) is 0 Å². The molecule has 0 aromatic carbocycles. The molecule has 1 amide bonds. The fraction of sp³-hybridized carbons (Fsp3) is 0.727. The lowest BCUT2D eigenvalue weighted by atomic mass is 10.3. The topological polar surface area (TPSA) is 83.3 Å². The number of amides is 1. The quantitative estimate of drug-likeness (QED) is 0.743. The summed E-state index contributed by atoms with van der Waals surface area (Å²) >= 11 is 0. The van der Waals surface area contributed by atoms with Gasteiger partial charge in [0.1, 0.15) is 0 Å². The van der Waals surface area contributed by atoms with E-state index in [0.717, 1.165) is 13.0 Å². The minimum atomic E-state index is -0.0492. The van der Waals surface area contributed by atoms with E-state index >= 15 is 0 Å². The normalized spacial score (nSPS) is 12.2. The van der Waals surface area contributed by atoms with Crippen LogP contribution in [-0.4, -0.2) is 48.2 Å². The second kappa shape index (κ2) is 6.95. The SMILES string of the molecule is CCCNC(C)c1nnc(NCC(=O)N(C)C)o1. The van der Waals surface area contributed by atoms with Crippen molar-refractivity contribution in [2.45, 2.75) is 26.3 Å². The van der Waals surface area contributed by atoms with Crippen LogP contribution in [0, 0.1) is 0 Å². The standard InChI is InChI=1S/C11H21N5O2/c1-5-6-12-8(2)10-14-15-11(18-10)13-7-9(17)16(3)4/h8,12H,5-7H2,1-4H3,(H,13,15). The lowest BCUT2D eigenvalue weighted by Crippen LogP contribution is -2.28. The number of hydrogen-bond acceptors (Lipinski definition) is 6. The highest BCUT2D eigenvalue weighted by Crippen LogP contribution is 2.13. The number of carbonyl (C=O) groups excluding carboxylic acids is 1. The maximum absolute atomic E-state index is 11.4. The van der Waals surface area contributed by atoms with Crippen LogP contribution >= 0.6 is 0 Å². The molecule has 0 saturated carbocycles. The van der Waals surface area contributed by atoms with Gasteiger partial charge in [0.25, 0.3) is 0 Å². The predicted octanol–water partition coefficient (Wildman–Crippen LogP) is 0.630. The molecule has 102 valence electrons. The highest BCUT2D eigenvalue weighted by atomic mass is 16.4. The average molecular weight is 255 g/mol. The molecule has 1 unspecified atom stereocenters. The van der Waals surface area contributed by atoms with Gasteiger partial charge in [0.15, 0.2) is 0 Å². The van der Waals surface area contributed by atoms with Crippen LogP contribution in [0.25, 0.3) is 0 Å². The van der Waals surface area contributed by atoms with E-state index in [0.29, 0.717) is 5.89 Å². The molecule has 18 heavy (non-hydrogen) atoms. The Kier molecular flexibility index (Phi) is 5.57. The molecular weight excluding hydrogens is 234 g/mol. The summed E-state index contributed by atoms with van der Waals surface area (Å²) < 4.78 is 5.41. The van der Waals surface area contributed by atoms with E-state index in [1.807, 2.05) is 6.92 Å². The van der Waals surface area contributed by atoms with Crippen LogP contribution in [0.2, 0.25) is 0 Å². The van der Waals surface area contributed by atoms with Crippen molar-refractivity contribution in [1.82, 2.24) is 20.4 Å². The number of nitrogens with one attached hydrogen (secondary N) is 2. The van der Waals surface area contributed by atoms with Gasteiger partial charge in [0, 0.05) is 14.1 Å². The van der Waals surface area contributed by atoms with Crippen LogP contribution in [0.5, 0.6) is 0 Å². The summed E-state index contributed by atoms with van der Waals surface area (Å²) in [5.41, 5.74) is 0. The fourth-order valence-corrected chi connectivity index (χ4v) is 1.24. The third-order valence-corrected chi connectivity index (χ3v) is 2.40. The number of anilines is 1. The van der Waals surface area contributed by atoms with E-state index in [9.17, 15) is 4.79 Å². The molecule has 0 aliphatic carbocycles. The van der Waals surface area contributed by atoms with Gasteiger partial charge in [-0.2, -0.15) is 0 Å². The predicted molar refractivity (Wildman–Crippen MR) is 68.2 cm³/mol. The van der Waals surface area contributed by atoms with Crippen molar-refractivity contribution < 1.29 is 9.21 Å². The maximum Gasteiger partial charge on any atom is 0.315 e. The van der Waals surface area contributed by atoms with Gasteiger partial charge in [-0.15, -0.1) is 5.10 Å². The van der Waals surface area contributed by atoms with Gasteiger partial charge < -0.3 is 20.0 Å². The Bertz CT molecular complexity index is 377. The van der Waals surface area contributed by atoms with Gasteiger partial charge in [0.05, 0.1) is 12.6 Å². The fourth-order valence-electron chi connectivity index (χ4n) is 1.24. The van der Waals surface area contributed by atoms with Gasteiger partial charge >= 0.3 is 6.01 Å². The Hall–Kier alpha value is -1.63. The molecule has 0 radical (unpaired) electrons. The summed E-state index contributed by atoms with van der Waals surface area (Å²) in [6.45, 7) is 5.09. The Balaban J connectivity index is 2.45. The van der Waals surface area contributed by atoms with E-state index in [1.54, 1.807) is 14.1 Å². The molecule has 0 bridgehead atoms. The Morgan fingerprint density at radius 3 is 2.78 bits per heavy atom. The molecule has 0 aliphatic rings. The third kappa shape index (κ3) is 4.33. The summed E-state index contributed by atoms with van der Waals surface area (Å²) in [5, 5.41) is 13.8. The van der Waals surface area contributed by atoms with E-state index < -0.39 is 0 Å². The number of likely N-dealkylation sites (N-methyl/N-ethyl adjacent to an activating group) is 1. The molecule has 0 fully saturated rings. The molecule has 0 aliphatic heterocycles. The van der Waals surface area contributed by atoms with Crippen LogP contribution < -0.4 is 10.6 Å². The highest BCUT2D eigenvalue weighted by Gasteiger charge is 2.13. The zero-order valence-corrected chi connectivity index (χ0v) is 11.4. The monoisotopic (exact) mass is 255 g/mol. The van der Waals surface area contributed by atoms with Crippen LogP contribution in [0.15, 0.2) is 4.42 Å². The van der Waals surface area contributed by atoms with Gasteiger partial charge in [-0.25, -0.2) is 0 Å². The maximum atomic E-state index is 11.4. The zero-order valence-electron chi connectivity index (χ0n) is 11.4. The first-order valence-corrected chi connectivity index (χ1v) is 6.05. The number of hydrogen-bond donors (Lipinski definition) is 2.